The molecule has 0 aliphatic heterocycles. The summed E-state index contributed by atoms with van der Waals surface area (Å²) >= 11 is 0. The third kappa shape index (κ3) is 6.95. The summed E-state index contributed by atoms with van der Waals surface area (Å²) in [5.74, 6) is -1.14. The van der Waals surface area contributed by atoms with E-state index in [0.29, 0.717) is 18.4 Å². The first-order chi connectivity index (χ1) is 13.8. The third-order valence-electron chi connectivity index (χ3n) is 5.01. The highest BCUT2D eigenvalue weighted by molar-refractivity contribution is 6.40. The number of hydrogen-bond donors (Lipinski definition) is 6. The molecule has 2 aromatic rings. The van der Waals surface area contributed by atoms with Gasteiger partial charge in [-0.2, -0.15) is 0 Å². The lowest BCUT2D eigenvalue weighted by atomic mass is 9.82. The standard InChI is InChI=1S/C21H29BN2O5/c23-21(20(26)27,13-7-8-14-22(28)29)15-24-18(16-9-3-1-4-10-16)19(25)17-11-5-2-6-12-17/h1-6,9-12,18-19,24-25,28-29H,7-8,13-15,23H2,(H,26,27)/t18?,19-,21?/m0/s1. The molecule has 156 valence electrons. The molecule has 7 nitrogen and oxygen atoms in total. The van der Waals surface area contributed by atoms with Crippen molar-refractivity contribution in [1.82, 2.24) is 5.32 Å². The highest BCUT2D eigenvalue weighted by Gasteiger charge is 2.35. The number of benzene rings is 2. The van der Waals surface area contributed by atoms with Crippen LogP contribution in [0, 0.1) is 0 Å². The van der Waals surface area contributed by atoms with E-state index in [9.17, 15) is 15.0 Å². The second-order valence-electron chi connectivity index (χ2n) is 7.31. The lowest BCUT2D eigenvalue weighted by molar-refractivity contribution is -0.143. The molecule has 0 amide bonds. The average Bonchev–Trinajstić information content (AvgIpc) is 2.72. The largest absolute Gasteiger partial charge is 0.480 e. The van der Waals surface area contributed by atoms with Crippen molar-refractivity contribution in [1.29, 1.82) is 0 Å². The molecule has 0 spiro atoms. The van der Waals surface area contributed by atoms with Gasteiger partial charge in [-0.1, -0.05) is 73.5 Å². The fourth-order valence-electron chi connectivity index (χ4n) is 3.25. The molecular weight excluding hydrogens is 371 g/mol. The van der Waals surface area contributed by atoms with Gasteiger partial charge < -0.3 is 31.3 Å². The molecule has 7 N–H and O–H groups in total. The maximum atomic E-state index is 11.8. The van der Waals surface area contributed by atoms with Gasteiger partial charge in [0.05, 0.1) is 12.1 Å². The van der Waals surface area contributed by atoms with E-state index in [1.54, 1.807) is 0 Å². The quantitative estimate of drug-likeness (QED) is 0.235. The number of aliphatic hydroxyl groups is 1. The lowest BCUT2D eigenvalue weighted by Gasteiger charge is -2.31. The number of hydrogen-bond acceptors (Lipinski definition) is 6. The van der Waals surface area contributed by atoms with Crippen molar-refractivity contribution >= 4 is 13.1 Å². The van der Waals surface area contributed by atoms with E-state index >= 15 is 0 Å². The van der Waals surface area contributed by atoms with E-state index in [2.05, 4.69) is 5.32 Å². The molecule has 29 heavy (non-hydrogen) atoms. The zero-order valence-corrected chi connectivity index (χ0v) is 16.3. The van der Waals surface area contributed by atoms with Crippen LogP contribution in [0.15, 0.2) is 60.7 Å². The Morgan fingerprint density at radius 2 is 1.55 bits per heavy atom. The molecule has 8 heteroatoms. The molecule has 0 radical (unpaired) electrons. The minimum absolute atomic E-state index is 0.0481. The van der Waals surface area contributed by atoms with E-state index in [4.69, 9.17) is 15.8 Å². The molecule has 2 aromatic carbocycles. The number of carboxylic acid groups (broad SMARTS) is 1. The zero-order valence-electron chi connectivity index (χ0n) is 16.3. The molecular formula is C21H29BN2O5. The van der Waals surface area contributed by atoms with Gasteiger partial charge in [-0.15, -0.1) is 0 Å². The first kappa shape index (κ1) is 23.1. The van der Waals surface area contributed by atoms with Gasteiger partial charge >= 0.3 is 13.1 Å². The molecule has 2 rings (SSSR count). The van der Waals surface area contributed by atoms with Crippen LogP contribution < -0.4 is 11.1 Å². The number of aliphatic carboxylic acids is 1. The zero-order chi connectivity index (χ0) is 21.3. The lowest BCUT2D eigenvalue weighted by Crippen LogP contribution is -2.56. The number of nitrogens with two attached hydrogens (primary N) is 1. The van der Waals surface area contributed by atoms with Crippen molar-refractivity contribution in [2.75, 3.05) is 6.54 Å². The van der Waals surface area contributed by atoms with Crippen molar-refractivity contribution in [3.63, 3.8) is 0 Å². The highest BCUT2D eigenvalue weighted by Crippen LogP contribution is 2.29. The van der Waals surface area contributed by atoms with E-state index in [-0.39, 0.29) is 19.3 Å². The van der Waals surface area contributed by atoms with Crippen molar-refractivity contribution in [2.24, 2.45) is 5.73 Å². The monoisotopic (exact) mass is 400 g/mol. The molecule has 0 aromatic heterocycles. The molecule has 3 atom stereocenters. The smallest absolute Gasteiger partial charge is 0.451 e. The van der Waals surface area contributed by atoms with E-state index in [1.165, 1.54) is 0 Å². The van der Waals surface area contributed by atoms with Gasteiger partial charge in [-0.3, -0.25) is 4.79 Å². The summed E-state index contributed by atoms with van der Waals surface area (Å²) < 4.78 is 0. The van der Waals surface area contributed by atoms with Gasteiger partial charge in [0.2, 0.25) is 0 Å². The van der Waals surface area contributed by atoms with Gasteiger partial charge in [-0.05, 0) is 23.9 Å². The van der Waals surface area contributed by atoms with Crippen LogP contribution in [0.25, 0.3) is 0 Å². The molecule has 0 bridgehead atoms. The SMILES string of the molecule is NC(CCCCB(O)O)(CNC(c1ccccc1)[C@@H](O)c1ccccc1)C(=O)O. The molecule has 0 saturated carbocycles. The van der Waals surface area contributed by atoms with Crippen LogP contribution in [-0.4, -0.2) is 45.4 Å². The molecule has 0 aliphatic carbocycles. The van der Waals surface area contributed by atoms with Crippen LogP contribution in [-0.2, 0) is 4.79 Å². The van der Waals surface area contributed by atoms with Crippen LogP contribution in [0.1, 0.15) is 42.5 Å². The van der Waals surface area contributed by atoms with Crippen LogP contribution in [0.4, 0.5) is 0 Å². The minimum Gasteiger partial charge on any atom is -0.480 e. The Morgan fingerprint density at radius 3 is 2.07 bits per heavy atom. The molecule has 0 heterocycles. The first-order valence-corrected chi connectivity index (χ1v) is 9.73. The molecule has 0 aliphatic rings. The van der Waals surface area contributed by atoms with Crippen molar-refractivity contribution in [2.45, 2.75) is 43.3 Å². The Morgan fingerprint density at radius 1 is 1.00 bits per heavy atom. The summed E-state index contributed by atoms with van der Waals surface area (Å²) in [6.07, 6.45) is 0.354. The van der Waals surface area contributed by atoms with E-state index in [0.717, 1.165) is 5.56 Å². The molecule has 0 saturated heterocycles. The van der Waals surface area contributed by atoms with E-state index in [1.807, 2.05) is 60.7 Å². The second-order valence-corrected chi connectivity index (χ2v) is 7.31. The fourth-order valence-corrected chi connectivity index (χ4v) is 3.25. The summed E-state index contributed by atoms with van der Waals surface area (Å²) in [6, 6.07) is 17.9. The maximum absolute atomic E-state index is 11.8. The predicted molar refractivity (Wildman–Crippen MR) is 112 cm³/mol. The average molecular weight is 400 g/mol. The van der Waals surface area contributed by atoms with Crippen molar-refractivity contribution < 1.29 is 25.1 Å². The summed E-state index contributed by atoms with van der Waals surface area (Å²) in [5.41, 5.74) is 6.15. The number of unbranched alkanes of at least 4 members (excludes halogenated alkanes) is 1. The normalized spacial score (nSPS) is 15.3. The molecule has 2 unspecified atom stereocenters. The highest BCUT2D eigenvalue weighted by atomic mass is 16.4. The van der Waals surface area contributed by atoms with Gasteiger partial charge in [0.25, 0.3) is 0 Å². The summed E-state index contributed by atoms with van der Waals surface area (Å²) in [6.45, 7) is -0.0481. The second kappa shape index (κ2) is 11.1. The number of aliphatic hydroxyl groups excluding tert-OH is 1. The summed E-state index contributed by atoms with van der Waals surface area (Å²) in [7, 11) is -1.41. The number of carbonyl (C=O) groups is 1. The number of rotatable bonds is 12. The fraction of sp³-hybridized carbons (Fsp3) is 0.381. The van der Waals surface area contributed by atoms with Crippen molar-refractivity contribution in [3.8, 4) is 0 Å². The summed E-state index contributed by atoms with van der Waals surface area (Å²) in [5, 5.41) is 41.6. The van der Waals surface area contributed by atoms with Gasteiger partial charge in [0, 0.05) is 6.54 Å². The minimum atomic E-state index is -1.54. The van der Waals surface area contributed by atoms with Crippen LogP contribution in [0.3, 0.4) is 0 Å². The summed E-state index contributed by atoms with van der Waals surface area (Å²) in [4.78, 5) is 11.8. The van der Waals surface area contributed by atoms with Gasteiger partial charge in [-0.25, -0.2) is 0 Å². The van der Waals surface area contributed by atoms with E-state index < -0.39 is 30.8 Å². The van der Waals surface area contributed by atoms with Gasteiger partial charge in [0.15, 0.2) is 0 Å². The topological polar surface area (TPSA) is 136 Å². The Balaban J connectivity index is 2.13. The maximum Gasteiger partial charge on any atom is 0.451 e. The van der Waals surface area contributed by atoms with Crippen LogP contribution in [0.5, 0.6) is 0 Å². The van der Waals surface area contributed by atoms with Crippen molar-refractivity contribution in [3.05, 3.63) is 71.8 Å². The Hall–Kier alpha value is -2.23. The Kier molecular flexibility index (Phi) is 8.82. The number of carboxylic acids is 1. The van der Waals surface area contributed by atoms with Crippen LogP contribution in [0.2, 0.25) is 6.32 Å². The number of nitrogens with one attached hydrogen (secondary N) is 1. The predicted octanol–water partition coefficient (Wildman–Crippen LogP) is 1.48. The first-order valence-electron chi connectivity index (χ1n) is 9.73. The van der Waals surface area contributed by atoms with Gasteiger partial charge in [0.1, 0.15) is 5.54 Å². The third-order valence-corrected chi connectivity index (χ3v) is 5.01. The molecule has 0 fully saturated rings. The Bertz CT molecular complexity index is 747. The Labute approximate surface area is 171 Å². The van der Waals surface area contributed by atoms with Crippen LogP contribution >= 0.6 is 0 Å².